The number of nitrogens with zero attached hydrogens (tertiary/aromatic N) is 1. The van der Waals surface area contributed by atoms with E-state index in [2.05, 4.69) is 14.7 Å². The summed E-state index contributed by atoms with van der Waals surface area (Å²) in [6.07, 6.45) is 1.49. The van der Waals surface area contributed by atoms with E-state index in [1.165, 1.54) is 19.4 Å². The molecular weight excluding hydrogens is 232 g/mol. The molecule has 0 aliphatic heterocycles. The predicted octanol–water partition coefficient (Wildman–Crippen LogP) is 1.36. The van der Waals surface area contributed by atoms with Crippen molar-refractivity contribution in [3.8, 4) is 0 Å². The molecule has 0 aliphatic rings. The standard InChI is InChI=1S/C10H7ClN2O3/c1-16-10(15)6-4-5-2-3-12-8(11)7(5)13-9(6)14/h2-4H,1H3,(H,13,14). The van der Waals surface area contributed by atoms with Crippen molar-refractivity contribution in [3.63, 3.8) is 0 Å². The molecule has 0 spiro atoms. The van der Waals surface area contributed by atoms with Gasteiger partial charge in [0.25, 0.3) is 5.56 Å². The Labute approximate surface area is 95.0 Å². The highest BCUT2D eigenvalue weighted by Gasteiger charge is 2.12. The third-order valence-electron chi connectivity index (χ3n) is 2.13. The molecule has 2 heterocycles. The lowest BCUT2D eigenvalue weighted by atomic mass is 10.2. The Morgan fingerprint density at radius 1 is 1.56 bits per heavy atom. The van der Waals surface area contributed by atoms with Crippen molar-refractivity contribution in [1.29, 1.82) is 0 Å². The number of methoxy groups -OCH3 is 1. The highest BCUT2D eigenvalue weighted by atomic mass is 35.5. The Bertz CT molecular complexity index is 621. The maximum Gasteiger partial charge on any atom is 0.343 e. The zero-order valence-corrected chi connectivity index (χ0v) is 9.04. The van der Waals surface area contributed by atoms with Crippen LogP contribution in [0.4, 0.5) is 0 Å². The van der Waals surface area contributed by atoms with E-state index in [0.717, 1.165) is 0 Å². The molecule has 0 aromatic carbocycles. The maximum atomic E-state index is 11.5. The number of rotatable bonds is 1. The van der Waals surface area contributed by atoms with Crippen LogP contribution in [-0.2, 0) is 4.74 Å². The van der Waals surface area contributed by atoms with E-state index in [4.69, 9.17) is 11.6 Å². The number of hydrogen-bond donors (Lipinski definition) is 1. The van der Waals surface area contributed by atoms with Gasteiger partial charge in [-0.15, -0.1) is 0 Å². The highest BCUT2D eigenvalue weighted by molar-refractivity contribution is 6.33. The fourth-order valence-corrected chi connectivity index (χ4v) is 1.57. The molecule has 2 aromatic rings. The Kier molecular flexibility index (Phi) is 2.62. The molecule has 0 atom stereocenters. The molecule has 0 saturated heterocycles. The minimum Gasteiger partial charge on any atom is -0.465 e. The number of carbonyl (C=O) groups is 1. The Morgan fingerprint density at radius 3 is 3.00 bits per heavy atom. The van der Waals surface area contributed by atoms with Gasteiger partial charge in [0.2, 0.25) is 0 Å². The predicted molar refractivity (Wildman–Crippen MR) is 58.7 cm³/mol. The molecule has 2 aromatic heterocycles. The third kappa shape index (κ3) is 1.65. The topological polar surface area (TPSA) is 72.0 Å². The van der Waals surface area contributed by atoms with Crippen molar-refractivity contribution in [2.24, 2.45) is 0 Å². The summed E-state index contributed by atoms with van der Waals surface area (Å²) < 4.78 is 4.49. The number of nitrogens with one attached hydrogen (secondary N) is 1. The molecule has 0 saturated carbocycles. The Hall–Kier alpha value is -1.88. The van der Waals surface area contributed by atoms with E-state index in [0.29, 0.717) is 10.9 Å². The van der Waals surface area contributed by atoms with Gasteiger partial charge in [0, 0.05) is 11.6 Å². The van der Waals surface area contributed by atoms with Crippen molar-refractivity contribution in [1.82, 2.24) is 9.97 Å². The summed E-state index contributed by atoms with van der Waals surface area (Å²) in [7, 11) is 1.21. The van der Waals surface area contributed by atoms with Gasteiger partial charge in [0.1, 0.15) is 5.56 Å². The van der Waals surface area contributed by atoms with E-state index < -0.39 is 11.5 Å². The molecule has 0 unspecified atom stereocenters. The van der Waals surface area contributed by atoms with Crippen LogP contribution in [0.3, 0.4) is 0 Å². The molecule has 6 heteroatoms. The van der Waals surface area contributed by atoms with Crippen molar-refractivity contribution in [2.75, 3.05) is 7.11 Å². The van der Waals surface area contributed by atoms with Gasteiger partial charge in [-0.3, -0.25) is 4.79 Å². The van der Waals surface area contributed by atoms with Gasteiger partial charge >= 0.3 is 5.97 Å². The van der Waals surface area contributed by atoms with Gasteiger partial charge in [-0.25, -0.2) is 9.78 Å². The molecule has 0 bridgehead atoms. The molecule has 1 N–H and O–H groups in total. The van der Waals surface area contributed by atoms with E-state index in [-0.39, 0.29) is 10.7 Å². The summed E-state index contributed by atoms with van der Waals surface area (Å²) in [5.41, 5.74) is -0.201. The summed E-state index contributed by atoms with van der Waals surface area (Å²) in [6, 6.07) is 3.07. The first kappa shape index (κ1) is 10.6. The van der Waals surface area contributed by atoms with Crippen molar-refractivity contribution < 1.29 is 9.53 Å². The van der Waals surface area contributed by atoms with Crippen LogP contribution in [0.2, 0.25) is 5.15 Å². The number of hydrogen-bond acceptors (Lipinski definition) is 4. The van der Waals surface area contributed by atoms with Gasteiger partial charge in [-0.2, -0.15) is 0 Å². The van der Waals surface area contributed by atoms with Crippen molar-refractivity contribution in [2.45, 2.75) is 0 Å². The number of halogens is 1. The quantitative estimate of drug-likeness (QED) is 0.602. The number of ether oxygens (including phenoxy) is 1. The first-order chi connectivity index (χ1) is 7.63. The lowest BCUT2D eigenvalue weighted by Crippen LogP contribution is -2.18. The maximum absolute atomic E-state index is 11.5. The highest BCUT2D eigenvalue weighted by Crippen LogP contribution is 2.17. The molecule has 2 rings (SSSR count). The van der Waals surface area contributed by atoms with Gasteiger partial charge in [-0.05, 0) is 12.1 Å². The summed E-state index contributed by atoms with van der Waals surface area (Å²) in [6.45, 7) is 0. The van der Waals surface area contributed by atoms with Gasteiger partial charge in [0.15, 0.2) is 5.15 Å². The van der Waals surface area contributed by atoms with E-state index in [1.807, 2.05) is 0 Å². The SMILES string of the molecule is COC(=O)c1cc2ccnc(Cl)c2[nH]c1=O. The number of carbonyl (C=O) groups excluding carboxylic acids is 1. The average Bonchev–Trinajstić information content (AvgIpc) is 2.29. The van der Waals surface area contributed by atoms with Crippen LogP contribution < -0.4 is 5.56 Å². The minimum absolute atomic E-state index is 0.0581. The monoisotopic (exact) mass is 238 g/mol. The van der Waals surface area contributed by atoms with E-state index in [1.54, 1.807) is 6.07 Å². The van der Waals surface area contributed by atoms with E-state index >= 15 is 0 Å². The Morgan fingerprint density at radius 2 is 2.31 bits per heavy atom. The molecule has 0 aliphatic carbocycles. The molecule has 5 nitrogen and oxygen atoms in total. The van der Waals surface area contributed by atoms with E-state index in [9.17, 15) is 9.59 Å². The number of fused-ring (bicyclic) bond motifs is 1. The average molecular weight is 239 g/mol. The van der Waals surface area contributed by atoms with Crippen LogP contribution >= 0.6 is 11.6 Å². The first-order valence-corrected chi connectivity index (χ1v) is 4.77. The summed E-state index contributed by atoms with van der Waals surface area (Å²) >= 11 is 5.80. The number of aromatic nitrogens is 2. The molecule has 82 valence electrons. The molecule has 0 amide bonds. The van der Waals surface area contributed by atoms with Crippen LogP contribution in [0.15, 0.2) is 23.1 Å². The van der Waals surface area contributed by atoms with Crippen molar-refractivity contribution in [3.05, 3.63) is 39.4 Å². The molecule has 0 radical (unpaired) electrons. The van der Waals surface area contributed by atoms with Gasteiger partial charge < -0.3 is 9.72 Å². The summed E-state index contributed by atoms with van der Waals surface area (Å²) in [5, 5.41) is 0.811. The summed E-state index contributed by atoms with van der Waals surface area (Å²) in [5.74, 6) is -0.684. The fraction of sp³-hybridized carbons (Fsp3) is 0.100. The van der Waals surface area contributed by atoms with Crippen LogP contribution in [-0.4, -0.2) is 23.0 Å². The third-order valence-corrected chi connectivity index (χ3v) is 2.41. The number of pyridine rings is 2. The van der Waals surface area contributed by atoms with Gasteiger partial charge in [0.05, 0.1) is 12.6 Å². The minimum atomic E-state index is -0.684. The summed E-state index contributed by atoms with van der Waals surface area (Å²) in [4.78, 5) is 29.1. The molecule has 0 fully saturated rings. The second-order valence-electron chi connectivity index (χ2n) is 3.07. The normalized spacial score (nSPS) is 10.4. The molecular formula is C10H7ClN2O3. The molecule has 16 heavy (non-hydrogen) atoms. The zero-order chi connectivity index (χ0) is 11.7. The van der Waals surface area contributed by atoms with Crippen molar-refractivity contribution >= 4 is 28.5 Å². The zero-order valence-electron chi connectivity index (χ0n) is 8.28. The fourth-order valence-electron chi connectivity index (χ4n) is 1.36. The second-order valence-corrected chi connectivity index (χ2v) is 3.43. The van der Waals surface area contributed by atoms with Gasteiger partial charge in [-0.1, -0.05) is 11.6 Å². The largest absolute Gasteiger partial charge is 0.465 e. The number of esters is 1. The number of aromatic amines is 1. The van der Waals surface area contributed by atoms with Crippen LogP contribution in [0.5, 0.6) is 0 Å². The first-order valence-electron chi connectivity index (χ1n) is 4.39. The van der Waals surface area contributed by atoms with Crippen LogP contribution in [0.1, 0.15) is 10.4 Å². The van der Waals surface area contributed by atoms with Crippen LogP contribution in [0, 0.1) is 0 Å². The second kappa shape index (κ2) is 3.94. The lowest BCUT2D eigenvalue weighted by Gasteiger charge is -2.02. The smallest absolute Gasteiger partial charge is 0.343 e. The lowest BCUT2D eigenvalue weighted by molar-refractivity contribution is 0.0599. The number of H-pyrrole nitrogens is 1. The Balaban J connectivity index is 2.78. The van der Waals surface area contributed by atoms with Crippen LogP contribution in [0.25, 0.3) is 10.9 Å².